The van der Waals surface area contributed by atoms with Gasteiger partial charge in [-0.05, 0) is 52.9 Å². The van der Waals surface area contributed by atoms with Gasteiger partial charge in [0.25, 0.3) is 0 Å². The lowest BCUT2D eigenvalue weighted by atomic mass is 10.0. The van der Waals surface area contributed by atoms with Gasteiger partial charge in [-0.1, -0.05) is 0 Å². The SMILES string of the molecule is O=C(O)c1cc(OCC2CCOCC2)ccc1Br. The first-order valence-corrected chi connectivity index (χ1v) is 6.69. The Morgan fingerprint density at radius 3 is 2.83 bits per heavy atom. The molecule has 2 rings (SSSR count). The number of aromatic carboxylic acids is 1. The average molecular weight is 315 g/mol. The molecule has 1 fully saturated rings. The highest BCUT2D eigenvalue weighted by Crippen LogP contribution is 2.24. The van der Waals surface area contributed by atoms with E-state index >= 15 is 0 Å². The molecule has 0 aromatic heterocycles. The fourth-order valence-electron chi connectivity index (χ4n) is 1.89. The quantitative estimate of drug-likeness (QED) is 0.928. The second-order valence-electron chi connectivity index (χ2n) is 4.31. The summed E-state index contributed by atoms with van der Waals surface area (Å²) in [5.41, 5.74) is 0.222. The van der Waals surface area contributed by atoms with E-state index in [1.807, 2.05) is 0 Å². The Hall–Kier alpha value is -1.07. The van der Waals surface area contributed by atoms with Gasteiger partial charge < -0.3 is 14.6 Å². The highest BCUT2D eigenvalue weighted by molar-refractivity contribution is 9.10. The highest BCUT2D eigenvalue weighted by atomic mass is 79.9. The Balaban J connectivity index is 1.96. The molecule has 0 spiro atoms. The summed E-state index contributed by atoms with van der Waals surface area (Å²) >= 11 is 3.21. The first-order valence-electron chi connectivity index (χ1n) is 5.90. The molecule has 1 aromatic carbocycles. The van der Waals surface area contributed by atoms with Crippen molar-refractivity contribution in [2.75, 3.05) is 19.8 Å². The zero-order valence-corrected chi connectivity index (χ0v) is 11.5. The van der Waals surface area contributed by atoms with Crippen LogP contribution < -0.4 is 4.74 Å². The summed E-state index contributed by atoms with van der Waals surface area (Å²) in [4.78, 5) is 11.0. The van der Waals surface area contributed by atoms with Crippen LogP contribution >= 0.6 is 15.9 Å². The molecule has 0 aliphatic carbocycles. The molecule has 1 aromatic rings. The molecule has 1 aliphatic rings. The summed E-state index contributed by atoms with van der Waals surface area (Å²) < 4.78 is 11.5. The Labute approximate surface area is 114 Å². The molecule has 1 aliphatic heterocycles. The molecule has 0 saturated carbocycles. The Bertz CT molecular complexity index is 427. The van der Waals surface area contributed by atoms with Crippen LogP contribution in [-0.2, 0) is 4.74 Å². The summed E-state index contributed by atoms with van der Waals surface area (Å²) in [5.74, 6) is 0.135. The van der Waals surface area contributed by atoms with Crippen molar-refractivity contribution < 1.29 is 19.4 Å². The summed E-state index contributed by atoms with van der Waals surface area (Å²) in [5, 5.41) is 9.00. The number of halogens is 1. The van der Waals surface area contributed by atoms with Crippen molar-refractivity contribution in [2.45, 2.75) is 12.8 Å². The van der Waals surface area contributed by atoms with E-state index in [1.165, 1.54) is 0 Å². The molecule has 0 atom stereocenters. The number of benzene rings is 1. The Kier molecular flexibility index (Phi) is 4.60. The van der Waals surface area contributed by atoms with E-state index in [4.69, 9.17) is 14.6 Å². The van der Waals surface area contributed by atoms with Gasteiger partial charge in [0.05, 0.1) is 12.2 Å². The number of carboxylic acid groups (broad SMARTS) is 1. The zero-order valence-electron chi connectivity index (χ0n) is 9.89. The van der Waals surface area contributed by atoms with Crippen molar-refractivity contribution in [3.63, 3.8) is 0 Å². The maximum atomic E-state index is 11.0. The zero-order chi connectivity index (χ0) is 13.0. The molecule has 0 radical (unpaired) electrons. The van der Waals surface area contributed by atoms with Crippen LogP contribution in [0.5, 0.6) is 5.75 Å². The average Bonchev–Trinajstić information content (AvgIpc) is 2.38. The lowest BCUT2D eigenvalue weighted by Crippen LogP contribution is -2.21. The standard InChI is InChI=1S/C13H15BrO4/c14-12-2-1-10(7-11(12)13(15)16)18-8-9-3-5-17-6-4-9/h1-2,7,9H,3-6,8H2,(H,15,16). The molecule has 5 heteroatoms. The first-order chi connectivity index (χ1) is 8.66. The van der Waals surface area contributed by atoms with Crippen molar-refractivity contribution in [2.24, 2.45) is 5.92 Å². The molecule has 0 unspecified atom stereocenters. The maximum absolute atomic E-state index is 11.0. The molecular weight excluding hydrogens is 300 g/mol. The number of carboxylic acids is 1. The van der Waals surface area contributed by atoms with Crippen LogP contribution in [0.1, 0.15) is 23.2 Å². The van der Waals surface area contributed by atoms with E-state index < -0.39 is 5.97 Å². The molecule has 4 nitrogen and oxygen atoms in total. The van der Waals surface area contributed by atoms with Gasteiger partial charge in [-0.2, -0.15) is 0 Å². The molecule has 0 amide bonds. The van der Waals surface area contributed by atoms with Crippen LogP contribution in [0.4, 0.5) is 0 Å². The van der Waals surface area contributed by atoms with Gasteiger partial charge in [-0.3, -0.25) is 0 Å². The molecule has 1 heterocycles. The predicted octanol–water partition coefficient (Wildman–Crippen LogP) is 2.95. The normalized spacial score (nSPS) is 16.5. The fourth-order valence-corrected chi connectivity index (χ4v) is 2.30. The van der Waals surface area contributed by atoms with E-state index in [2.05, 4.69) is 15.9 Å². The summed E-state index contributed by atoms with van der Waals surface area (Å²) in [6.07, 6.45) is 2.00. The predicted molar refractivity (Wildman–Crippen MR) is 70.1 cm³/mol. The minimum absolute atomic E-state index is 0.222. The van der Waals surface area contributed by atoms with Gasteiger partial charge in [0.2, 0.25) is 0 Å². The van der Waals surface area contributed by atoms with Crippen molar-refractivity contribution in [3.05, 3.63) is 28.2 Å². The van der Waals surface area contributed by atoms with Gasteiger partial charge in [0.15, 0.2) is 0 Å². The lowest BCUT2D eigenvalue weighted by molar-refractivity contribution is 0.0497. The second kappa shape index (κ2) is 6.20. The largest absolute Gasteiger partial charge is 0.493 e. The van der Waals surface area contributed by atoms with Crippen LogP contribution in [0.2, 0.25) is 0 Å². The molecule has 98 valence electrons. The topological polar surface area (TPSA) is 55.8 Å². The fraction of sp³-hybridized carbons (Fsp3) is 0.462. The summed E-state index contributed by atoms with van der Waals surface area (Å²) in [7, 11) is 0. The smallest absolute Gasteiger partial charge is 0.336 e. The highest BCUT2D eigenvalue weighted by Gasteiger charge is 2.15. The lowest BCUT2D eigenvalue weighted by Gasteiger charge is -2.22. The number of ether oxygens (including phenoxy) is 2. The molecule has 0 bridgehead atoms. The van der Waals surface area contributed by atoms with Crippen molar-refractivity contribution >= 4 is 21.9 Å². The van der Waals surface area contributed by atoms with E-state index in [1.54, 1.807) is 18.2 Å². The van der Waals surface area contributed by atoms with Gasteiger partial charge in [-0.25, -0.2) is 4.79 Å². The van der Waals surface area contributed by atoms with Crippen LogP contribution in [0.15, 0.2) is 22.7 Å². The monoisotopic (exact) mass is 314 g/mol. The van der Waals surface area contributed by atoms with E-state index in [-0.39, 0.29) is 5.56 Å². The van der Waals surface area contributed by atoms with E-state index in [9.17, 15) is 4.79 Å². The second-order valence-corrected chi connectivity index (χ2v) is 5.17. The number of rotatable bonds is 4. The first kappa shape index (κ1) is 13.4. The van der Waals surface area contributed by atoms with Crippen molar-refractivity contribution in [3.8, 4) is 5.75 Å². The van der Waals surface area contributed by atoms with Crippen LogP contribution in [-0.4, -0.2) is 30.9 Å². The van der Waals surface area contributed by atoms with Crippen LogP contribution in [0, 0.1) is 5.92 Å². The third kappa shape index (κ3) is 3.46. The van der Waals surface area contributed by atoms with Gasteiger partial charge in [0.1, 0.15) is 5.75 Å². The minimum Gasteiger partial charge on any atom is -0.493 e. The molecular formula is C13H15BrO4. The minimum atomic E-state index is -0.960. The van der Waals surface area contributed by atoms with Crippen LogP contribution in [0.25, 0.3) is 0 Å². The van der Waals surface area contributed by atoms with E-state index in [0.717, 1.165) is 26.1 Å². The summed E-state index contributed by atoms with van der Waals surface area (Å²) in [6.45, 7) is 2.19. The third-order valence-electron chi connectivity index (χ3n) is 2.99. The summed E-state index contributed by atoms with van der Waals surface area (Å²) in [6, 6.07) is 5.02. The van der Waals surface area contributed by atoms with Gasteiger partial charge >= 0.3 is 5.97 Å². The van der Waals surface area contributed by atoms with Crippen molar-refractivity contribution in [1.29, 1.82) is 0 Å². The molecule has 1 saturated heterocycles. The van der Waals surface area contributed by atoms with Crippen LogP contribution in [0.3, 0.4) is 0 Å². The maximum Gasteiger partial charge on any atom is 0.336 e. The Morgan fingerprint density at radius 2 is 2.17 bits per heavy atom. The van der Waals surface area contributed by atoms with Gasteiger partial charge in [-0.15, -0.1) is 0 Å². The molecule has 1 N–H and O–H groups in total. The number of carbonyl (C=O) groups is 1. The Morgan fingerprint density at radius 1 is 1.44 bits per heavy atom. The number of hydrogen-bond acceptors (Lipinski definition) is 3. The molecule has 18 heavy (non-hydrogen) atoms. The third-order valence-corrected chi connectivity index (χ3v) is 3.69. The van der Waals surface area contributed by atoms with Gasteiger partial charge in [0, 0.05) is 17.7 Å². The number of hydrogen-bond donors (Lipinski definition) is 1. The van der Waals surface area contributed by atoms with E-state index in [0.29, 0.717) is 22.7 Å². The van der Waals surface area contributed by atoms with Crippen molar-refractivity contribution in [1.82, 2.24) is 0 Å².